The molecule has 2 aromatic rings. The molecule has 2 rings (SSSR count). The van der Waals surface area contributed by atoms with E-state index in [1.54, 1.807) is 13.0 Å². The van der Waals surface area contributed by atoms with Crippen molar-refractivity contribution in [2.75, 3.05) is 5.75 Å². The predicted molar refractivity (Wildman–Crippen MR) is 74.9 cm³/mol. The fourth-order valence-electron chi connectivity index (χ4n) is 1.34. The van der Waals surface area contributed by atoms with E-state index in [-0.39, 0.29) is 11.5 Å². The Hall–Kier alpha value is -1.41. The third-order valence-corrected chi connectivity index (χ3v) is 3.53. The lowest BCUT2D eigenvalue weighted by atomic mass is 10.3. The number of aromatic nitrogens is 2. The summed E-state index contributed by atoms with van der Waals surface area (Å²) < 4.78 is 23.8. The molecule has 0 aliphatic carbocycles. The number of ether oxygens (including phenoxy) is 1. The fraction of sp³-hybridized carbons (Fsp3) is 0.250. The standard InChI is InChI=1S/C12H10BrFN2O3S/c1-7-15-11(16-19-7)5-20-6-12(17)18-10-3-2-8(13)4-9(10)14/h2-4H,5-6H2,1H3. The van der Waals surface area contributed by atoms with E-state index in [2.05, 4.69) is 26.1 Å². The molecule has 0 spiro atoms. The number of nitrogens with zero attached hydrogens (tertiary/aromatic N) is 2. The normalized spacial score (nSPS) is 10.6. The number of carbonyl (C=O) groups is 1. The van der Waals surface area contributed by atoms with Gasteiger partial charge in [-0.25, -0.2) is 4.39 Å². The van der Waals surface area contributed by atoms with Crippen LogP contribution in [0.25, 0.3) is 0 Å². The second kappa shape index (κ2) is 6.85. The van der Waals surface area contributed by atoms with Crippen LogP contribution in [0.4, 0.5) is 4.39 Å². The summed E-state index contributed by atoms with van der Waals surface area (Å²) >= 11 is 4.39. The summed E-state index contributed by atoms with van der Waals surface area (Å²) in [6.45, 7) is 1.69. The third kappa shape index (κ3) is 4.31. The largest absolute Gasteiger partial charge is 0.423 e. The van der Waals surface area contributed by atoms with Crippen LogP contribution in [-0.2, 0) is 10.5 Å². The van der Waals surface area contributed by atoms with Crippen LogP contribution in [0, 0.1) is 12.7 Å². The van der Waals surface area contributed by atoms with Crippen LogP contribution >= 0.6 is 27.7 Å². The summed E-state index contributed by atoms with van der Waals surface area (Å²) in [6.07, 6.45) is 0. The number of benzene rings is 1. The van der Waals surface area contributed by atoms with E-state index in [1.807, 2.05) is 0 Å². The summed E-state index contributed by atoms with van der Waals surface area (Å²) in [4.78, 5) is 15.6. The maximum absolute atomic E-state index is 13.5. The monoisotopic (exact) mass is 360 g/mol. The van der Waals surface area contributed by atoms with Gasteiger partial charge in [-0.2, -0.15) is 4.98 Å². The van der Waals surface area contributed by atoms with Crippen molar-refractivity contribution in [2.24, 2.45) is 0 Å². The molecule has 0 atom stereocenters. The molecule has 0 aliphatic rings. The van der Waals surface area contributed by atoms with Crippen LogP contribution in [0.2, 0.25) is 0 Å². The highest BCUT2D eigenvalue weighted by Crippen LogP contribution is 2.22. The molecule has 1 heterocycles. The Bertz CT molecular complexity index is 620. The SMILES string of the molecule is Cc1nc(CSCC(=O)Oc2ccc(Br)cc2F)no1. The lowest BCUT2D eigenvalue weighted by Gasteiger charge is -2.05. The van der Waals surface area contributed by atoms with Gasteiger partial charge in [-0.1, -0.05) is 21.1 Å². The number of carbonyl (C=O) groups excluding carboxylic acids is 1. The minimum Gasteiger partial charge on any atom is -0.423 e. The highest BCUT2D eigenvalue weighted by Gasteiger charge is 2.11. The van der Waals surface area contributed by atoms with Crippen molar-refractivity contribution in [1.82, 2.24) is 10.1 Å². The molecule has 0 aliphatic heterocycles. The van der Waals surface area contributed by atoms with Crippen molar-refractivity contribution in [3.8, 4) is 5.75 Å². The summed E-state index contributed by atoms with van der Waals surface area (Å²) in [6, 6.07) is 4.23. The highest BCUT2D eigenvalue weighted by molar-refractivity contribution is 9.10. The van der Waals surface area contributed by atoms with Gasteiger partial charge in [-0.3, -0.25) is 4.79 Å². The Morgan fingerprint density at radius 1 is 1.55 bits per heavy atom. The Morgan fingerprint density at radius 2 is 2.35 bits per heavy atom. The molecule has 0 fully saturated rings. The number of aryl methyl sites for hydroxylation is 1. The Balaban J connectivity index is 1.80. The molecule has 8 heteroatoms. The molecule has 20 heavy (non-hydrogen) atoms. The van der Waals surface area contributed by atoms with Crippen LogP contribution in [0.1, 0.15) is 11.7 Å². The molecule has 1 aromatic heterocycles. The van der Waals surface area contributed by atoms with Gasteiger partial charge in [0.15, 0.2) is 17.4 Å². The van der Waals surface area contributed by atoms with Gasteiger partial charge in [0.2, 0.25) is 5.89 Å². The number of hydrogen-bond acceptors (Lipinski definition) is 6. The van der Waals surface area contributed by atoms with Crippen LogP contribution in [0.5, 0.6) is 5.75 Å². The first-order valence-corrected chi connectivity index (χ1v) is 7.52. The molecule has 0 radical (unpaired) electrons. The molecule has 1 aromatic carbocycles. The van der Waals surface area contributed by atoms with Crippen LogP contribution in [-0.4, -0.2) is 21.9 Å². The van der Waals surface area contributed by atoms with Gasteiger partial charge in [0.25, 0.3) is 0 Å². The number of hydrogen-bond donors (Lipinski definition) is 0. The average Bonchev–Trinajstić information content (AvgIpc) is 2.79. The van der Waals surface area contributed by atoms with Crippen molar-refractivity contribution in [2.45, 2.75) is 12.7 Å². The van der Waals surface area contributed by atoms with Crippen molar-refractivity contribution >= 4 is 33.7 Å². The molecular formula is C12H10BrFN2O3S. The topological polar surface area (TPSA) is 65.2 Å². The molecule has 5 nitrogen and oxygen atoms in total. The molecule has 0 saturated carbocycles. The number of halogens is 2. The number of rotatable bonds is 5. The summed E-state index contributed by atoms with van der Waals surface area (Å²) in [7, 11) is 0. The molecule has 0 saturated heterocycles. The van der Waals surface area contributed by atoms with E-state index in [9.17, 15) is 9.18 Å². The molecule has 0 N–H and O–H groups in total. The van der Waals surface area contributed by atoms with Crippen molar-refractivity contribution in [1.29, 1.82) is 0 Å². The Kier molecular flexibility index (Phi) is 5.13. The van der Waals surface area contributed by atoms with Crippen molar-refractivity contribution in [3.63, 3.8) is 0 Å². The van der Waals surface area contributed by atoms with E-state index < -0.39 is 11.8 Å². The van der Waals surface area contributed by atoms with Crippen molar-refractivity contribution < 1.29 is 18.4 Å². The summed E-state index contributed by atoms with van der Waals surface area (Å²) in [5.74, 6) is 0.269. The molecular weight excluding hydrogens is 351 g/mol. The maximum atomic E-state index is 13.5. The van der Waals surface area contributed by atoms with Gasteiger partial charge in [0, 0.05) is 11.4 Å². The van der Waals surface area contributed by atoms with Gasteiger partial charge >= 0.3 is 5.97 Å². The van der Waals surface area contributed by atoms with Gasteiger partial charge in [-0.05, 0) is 18.2 Å². The van der Waals surface area contributed by atoms with E-state index >= 15 is 0 Å². The average molecular weight is 361 g/mol. The van der Waals surface area contributed by atoms with Gasteiger partial charge < -0.3 is 9.26 Å². The fourth-order valence-corrected chi connectivity index (χ4v) is 2.30. The first kappa shape index (κ1) is 15.0. The van der Waals surface area contributed by atoms with Crippen LogP contribution in [0.15, 0.2) is 27.2 Å². The Morgan fingerprint density at radius 3 is 3.00 bits per heavy atom. The van der Waals surface area contributed by atoms with E-state index in [4.69, 9.17) is 9.26 Å². The Labute approximate surface area is 127 Å². The van der Waals surface area contributed by atoms with Gasteiger partial charge in [0.1, 0.15) is 0 Å². The zero-order valence-corrected chi connectivity index (χ0v) is 12.8. The molecule has 0 amide bonds. The summed E-state index contributed by atoms with van der Waals surface area (Å²) in [5, 5.41) is 3.70. The molecule has 0 bridgehead atoms. The summed E-state index contributed by atoms with van der Waals surface area (Å²) in [5.41, 5.74) is 0. The third-order valence-electron chi connectivity index (χ3n) is 2.14. The first-order chi connectivity index (χ1) is 9.54. The minimum atomic E-state index is -0.591. The zero-order chi connectivity index (χ0) is 14.5. The molecule has 0 unspecified atom stereocenters. The van der Waals surface area contributed by atoms with Crippen LogP contribution in [0.3, 0.4) is 0 Å². The highest BCUT2D eigenvalue weighted by atomic mass is 79.9. The molecule has 106 valence electrons. The first-order valence-electron chi connectivity index (χ1n) is 5.57. The second-order valence-corrected chi connectivity index (χ2v) is 5.67. The lowest BCUT2D eigenvalue weighted by molar-refractivity contribution is -0.131. The zero-order valence-electron chi connectivity index (χ0n) is 10.4. The van der Waals surface area contributed by atoms with E-state index in [0.29, 0.717) is 21.9 Å². The van der Waals surface area contributed by atoms with E-state index in [1.165, 1.54) is 23.9 Å². The predicted octanol–water partition coefficient (Wildman–Crippen LogP) is 3.12. The smallest absolute Gasteiger partial charge is 0.321 e. The second-order valence-electron chi connectivity index (χ2n) is 3.77. The van der Waals surface area contributed by atoms with Crippen LogP contribution < -0.4 is 4.74 Å². The quantitative estimate of drug-likeness (QED) is 0.602. The number of thioether (sulfide) groups is 1. The van der Waals surface area contributed by atoms with E-state index in [0.717, 1.165) is 0 Å². The maximum Gasteiger partial charge on any atom is 0.321 e. The minimum absolute atomic E-state index is 0.0725. The van der Waals surface area contributed by atoms with Gasteiger partial charge in [0.05, 0.1) is 11.5 Å². The number of esters is 1. The van der Waals surface area contributed by atoms with Crippen molar-refractivity contribution in [3.05, 3.63) is 40.2 Å². The lowest BCUT2D eigenvalue weighted by Crippen LogP contribution is -2.12. The van der Waals surface area contributed by atoms with Gasteiger partial charge in [-0.15, -0.1) is 11.8 Å².